The Kier molecular flexibility index (Phi) is 5.70. The first-order valence-corrected chi connectivity index (χ1v) is 11.2. The lowest BCUT2D eigenvalue weighted by Crippen LogP contribution is -2.14. The zero-order chi connectivity index (χ0) is 21.9. The third kappa shape index (κ3) is 4.28. The van der Waals surface area contributed by atoms with Crippen LogP contribution in [0.3, 0.4) is 0 Å². The highest BCUT2D eigenvalue weighted by Gasteiger charge is 2.14. The molecule has 0 spiro atoms. The summed E-state index contributed by atoms with van der Waals surface area (Å²) in [5.41, 5.74) is 3.01. The molecule has 32 heavy (non-hydrogen) atoms. The van der Waals surface area contributed by atoms with E-state index in [0.29, 0.717) is 27.8 Å². The van der Waals surface area contributed by atoms with Crippen LogP contribution in [0.25, 0.3) is 21.9 Å². The van der Waals surface area contributed by atoms with Gasteiger partial charge < -0.3 is 5.32 Å². The lowest BCUT2D eigenvalue weighted by atomic mass is 10.1. The quantitative estimate of drug-likeness (QED) is 0.289. The molecule has 9 heteroatoms. The molecule has 3 aromatic carbocycles. The number of carbonyl (C=O) groups excluding carboxylic acids is 1. The standard InChI is InChI=1S/C23H17ClN6OS/c24-17-10-8-15(9-11-17)12-30-22-21(28-29-30)23(26-14-25-22)32-13-20(31)27-19-7-3-5-16-4-1-2-6-18(16)19/h1-11,14H,12-13H2,(H,27,31). The minimum atomic E-state index is -0.119. The second-order valence-corrected chi connectivity index (χ2v) is 8.49. The number of fused-ring (bicyclic) bond motifs is 2. The molecular weight excluding hydrogens is 444 g/mol. The van der Waals surface area contributed by atoms with Gasteiger partial charge >= 0.3 is 0 Å². The summed E-state index contributed by atoms with van der Waals surface area (Å²) >= 11 is 7.27. The topological polar surface area (TPSA) is 85.6 Å². The predicted molar refractivity (Wildman–Crippen MR) is 127 cm³/mol. The maximum absolute atomic E-state index is 12.6. The summed E-state index contributed by atoms with van der Waals surface area (Å²) in [7, 11) is 0. The number of anilines is 1. The van der Waals surface area contributed by atoms with E-state index in [1.807, 2.05) is 66.7 Å². The average molecular weight is 461 g/mol. The van der Waals surface area contributed by atoms with Crippen LogP contribution in [0.15, 0.2) is 78.1 Å². The predicted octanol–water partition coefficient (Wildman–Crippen LogP) is 4.81. The van der Waals surface area contributed by atoms with Gasteiger partial charge in [-0.25, -0.2) is 14.6 Å². The average Bonchev–Trinajstić information content (AvgIpc) is 3.23. The van der Waals surface area contributed by atoms with E-state index >= 15 is 0 Å². The Balaban J connectivity index is 1.30. The Bertz CT molecular complexity index is 1410. The first-order chi connectivity index (χ1) is 15.7. The molecule has 7 nitrogen and oxygen atoms in total. The van der Waals surface area contributed by atoms with Gasteiger partial charge in [-0.1, -0.05) is 77.1 Å². The summed E-state index contributed by atoms with van der Waals surface area (Å²) in [6, 6.07) is 21.3. The Labute approximate surface area is 192 Å². The van der Waals surface area contributed by atoms with Crippen LogP contribution in [0.4, 0.5) is 5.69 Å². The fourth-order valence-electron chi connectivity index (χ4n) is 3.40. The summed E-state index contributed by atoms with van der Waals surface area (Å²) in [6.07, 6.45) is 1.47. The smallest absolute Gasteiger partial charge is 0.234 e. The van der Waals surface area contributed by atoms with Gasteiger partial charge in [0.25, 0.3) is 0 Å². The number of carbonyl (C=O) groups is 1. The number of nitrogens with one attached hydrogen (secondary N) is 1. The first-order valence-electron chi connectivity index (χ1n) is 9.86. The number of hydrogen-bond acceptors (Lipinski definition) is 6. The van der Waals surface area contributed by atoms with Gasteiger partial charge in [-0.2, -0.15) is 0 Å². The molecule has 158 valence electrons. The first kappa shape index (κ1) is 20.4. The summed E-state index contributed by atoms with van der Waals surface area (Å²) in [5.74, 6) is 0.0750. The number of benzene rings is 3. The highest BCUT2D eigenvalue weighted by atomic mass is 35.5. The molecule has 0 saturated heterocycles. The number of nitrogens with zero attached hydrogens (tertiary/aromatic N) is 5. The van der Waals surface area contributed by atoms with E-state index in [2.05, 4.69) is 25.6 Å². The Morgan fingerprint density at radius 2 is 1.81 bits per heavy atom. The number of amides is 1. The molecule has 0 radical (unpaired) electrons. The van der Waals surface area contributed by atoms with Crippen molar-refractivity contribution < 1.29 is 4.79 Å². The molecule has 0 saturated carbocycles. The van der Waals surface area contributed by atoms with E-state index in [-0.39, 0.29) is 11.7 Å². The Hall–Kier alpha value is -3.49. The zero-order valence-electron chi connectivity index (χ0n) is 16.8. The molecule has 0 atom stereocenters. The van der Waals surface area contributed by atoms with Crippen molar-refractivity contribution in [2.45, 2.75) is 11.6 Å². The molecule has 0 aliphatic carbocycles. The van der Waals surface area contributed by atoms with Crippen LogP contribution < -0.4 is 5.32 Å². The molecule has 0 bridgehead atoms. The molecule has 2 aromatic heterocycles. The van der Waals surface area contributed by atoms with E-state index in [1.54, 1.807) is 4.68 Å². The van der Waals surface area contributed by atoms with Crippen molar-refractivity contribution in [3.05, 3.63) is 83.6 Å². The Morgan fingerprint density at radius 1 is 1.00 bits per heavy atom. The van der Waals surface area contributed by atoms with Crippen molar-refractivity contribution in [3.63, 3.8) is 0 Å². The molecule has 0 aliphatic heterocycles. The van der Waals surface area contributed by atoms with Gasteiger partial charge in [0.05, 0.1) is 12.3 Å². The summed E-state index contributed by atoms with van der Waals surface area (Å²) < 4.78 is 1.71. The number of aromatic nitrogens is 5. The highest BCUT2D eigenvalue weighted by Crippen LogP contribution is 2.25. The molecular formula is C23H17ClN6OS. The van der Waals surface area contributed by atoms with E-state index in [4.69, 9.17) is 11.6 Å². The van der Waals surface area contributed by atoms with E-state index in [0.717, 1.165) is 22.0 Å². The van der Waals surface area contributed by atoms with Gasteiger partial charge in [0, 0.05) is 16.1 Å². The number of hydrogen-bond donors (Lipinski definition) is 1. The van der Waals surface area contributed by atoms with Crippen molar-refractivity contribution in [3.8, 4) is 0 Å². The van der Waals surface area contributed by atoms with Crippen LogP contribution >= 0.6 is 23.4 Å². The van der Waals surface area contributed by atoms with Crippen LogP contribution in [0, 0.1) is 0 Å². The van der Waals surface area contributed by atoms with Gasteiger partial charge in [0.2, 0.25) is 5.91 Å². The van der Waals surface area contributed by atoms with Crippen molar-refractivity contribution in [1.29, 1.82) is 0 Å². The number of rotatable bonds is 6. The van der Waals surface area contributed by atoms with E-state index in [9.17, 15) is 4.79 Å². The fraction of sp³-hybridized carbons (Fsp3) is 0.0870. The van der Waals surface area contributed by atoms with Gasteiger partial charge in [-0.05, 0) is 29.1 Å². The minimum Gasteiger partial charge on any atom is -0.325 e. The monoisotopic (exact) mass is 460 g/mol. The van der Waals surface area contributed by atoms with Gasteiger partial charge in [-0.15, -0.1) is 5.10 Å². The normalized spacial score (nSPS) is 11.2. The third-order valence-corrected chi connectivity index (χ3v) is 6.15. The maximum atomic E-state index is 12.6. The molecule has 5 rings (SSSR count). The lowest BCUT2D eigenvalue weighted by molar-refractivity contribution is -0.113. The molecule has 0 unspecified atom stereocenters. The van der Waals surface area contributed by atoms with E-state index < -0.39 is 0 Å². The fourth-order valence-corrected chi connectivity index (χ4v) is 4.26. The van der Waals surface area contributed by atoms with Crippen molar-refractivity contribution in [1.82, 2.24) is 25.0 Å². The summed E-state index contributed by atoms with van der Waals surface area (Å²) in [6.45, 7) is 0.510. The van der Waals surface area contributed by atoms with Gasteiger partial charge in [0.1, 0.15) is 11.4 Å². The molecule has 2 heterocycles. The molecule has 5 aromatic rings. The van der Waals surface area contributed by atoms with Gasteiger partial charge in [0.15, 0.2) is 11.2 Å². The zero-order valence-corrected chi connectivity index (χ0v) is 18.3. The van der Waals surface area contributed by atoms with E-state index in [1.165, 1.54) is 18.1 Å². The molecule has 1 N–H and O–H groups in total. The molecule has 0 fully saturated rings. The van der Waals surface area contributed by atoms with Crippen molar-refractivity contribution >= 4 is 56.9 Å². The molecule has 1 amide bonds. The summed E-state index contributed by atoms with van der Waals surface area (Å²) in [4.78, 5) is 21.2. The number of halogens is 1. The Morgan fingerprint density at radius 3 is 2.69 bits per heavy atom. The van der Waals surface area contributed by atoms with Crippen molar-refractivity contribution in [2.75, 3.05) is 11.1 Å². The summed E-state index contributed by atoms with van der Waals surface area (Å²) in [5, 5.41) is 14.8. The van der Waals surface area contributed by atoms with Crippen LogP contribution in [-0.4, -0.2) is 36.6 Å². The second kappa shape index (κ2) is 8.94. The van der Waals surface area contributed by atoms with Crippen molar-refractivity contribution in [2.24, 2.45) is 0 Å². The van der Waals surface area contributed by atoms with Crippen LogP contribution in [0.1, 0.15) is 5.56 Å². The lowest BCUT2D eigenvalue weighted by Gasteiger charge is -2.08. The largest absolute Gasteiger partial charge is 0.325 e. The maximum Gasteiger partial charge on any atom is 0.234 e. The minimum absolute atomic E-state index is 0.119. The SMILES string of the molecule is O=C(CSc1ncnc2c1nnn2Cc1ccc(Cl)cc1)Nc1cccc2ccccc12. The number of thioether (sulfide) groups is 1. The van der Waals surface area contributed by atoms with Crippen LogP contribution in [0.2, 0.25) is 5.02 Å². The highest BCUT2D eigenvalue weighted by molar-refractivity contribution is 8.00. The molecule has 0 aliphatic rings. The van der Waals surface area contributed by atoms with Crippen LogP contribution in [-0.2, 0) is 11.3 Å². The second-order valence-electron chi connectivity index (χ2n) is 7.09. The third-order valence-electron chi connectivity index (χ3n) is 4.92. The van der Waals surface area contributed by atoms with Crippen LogP contribution in [0.5, 0.6) is 0 Å². The van der Waals surface area contributed by atoms with Gasteiger partial charge in [-0.3, -0.25) is 4.79 Å².